The van der Waals surface area contributed by atoms with Crippen LogP contribution in [0.25, 0.3) is 0 Å². The molecule has 2 aromatic rings. The van der Waals surface area contributed by atoms with Crippen molar-refractivity contribution in [3.63, 3.8) is 0 Å². The molecule has 27 heavy (non-hydrogen) atoms. The number of carbonyl (C=O) groups is 2. The Hall–Kier alpha value is -2.05. The summed E-state index contributed by atoms with van der Waals surface area (Å²) in [6.45, 7) is 2.03. The first kappa shape index (κ1) is 19.7. The normalized spacial score (nSPS) is 15.9. The maximum Gasteiger partial charge on any atom is 0.262 e. The second-order valence-electron chi connectivity index (χ2n) is 6.76. The first-order valence-electron chi connectivity index (χ1n) is 9.10. The minimum atomic E-state index is -0.490. The van der Waals surface area contributed by atoms with Crippen molar-refractivity contribution in [1.29, 1.82) is 0 Å². The Morgan fingerprint density at radius 3 is 2.74 bits per heavy atom. The van der Waals surface area contributed by atoms with Gasteiger partial charge in [0, 0.05) is 9.90 Å². The number of thiophene rings is 1. The van der Waals surface area contributed by atoms with Crippen LogP contribution in [0.4, 0.5) is 5.00 Å². The van der Waals surface area contributed by atoms with E-state index in [-0.39, 0.29) is 12.5 Å². The predicted molar refractivity (Wildman–Crippen MR) is 109 cm³/mol. The van der Waals surface area contributed by atoms with Crippen molar-refractivity contribution in [1.82, 2.24) is 0 Å². The summed E-state index contributed by atoms with van der Waals surface area (Å²) in [5.74, 6) is 0.378. The molecule has 0 saturated heterocycles. The average Bonchev–Trinajstić information content (AvgIpc) is 2.98. The lowest BCUT2D eigenvalue weighted by Crippen LogP contribution is -2.22. The number of primary amides is 1. The van der Waals surface area contributed by atoms with E-state index in [0.29, 0.717) is 27.3 Å². The van der Waals surface area contributed by atoms with E-state index in [1.165, 1.54) is 22.6 Å². The van der Waals surface area contributed by atoms with Crippen LogP contribution in [0.3, 0.4) is 0 Å². The fourth-order valence-corrected chi connectivity index (χ4v) is 5.01. The summed E-state index contributed by atoms with van der Waals surface area (Å²) < 4.78 is 5.46. The van der Waals surface area contributed by atoms with Crippen molar-refractivity contribution >= 4 is 39.8 Å². The predicted octanol–water partition coefficient (Wildman–Crippen LogP) is 4.42. The van der Waals surface area contributed by atoms with Crippen LogP contribution in [-0.4, -0.2) is 18.4 Å². The van der Waals surface area contributed by atoms with Gasteiger partial charge in [0.05, 0.1) is 5.56 Å². The van der Waals surface area contributed by atoms with Crippen molar-refractivity contribution in [2.75, 3.05) is 11.9 Å². The highest BCUT2D eigenvalue weighted by Gasteiger charge is 2.28. The van der Waals surface area contributed by atoms with Crippen LogP contribution >= 0.6 is 22.9 Å². The number of carbonyl (C=O) groups excluding carboxylic acids is 2. The van der Waals surface area contributed by atoms with E-state index in [4.69, 9.17) is 22.1 Å². The van der Waals surface area contributed by atoms with Crippen molar-refractivity contribution in [3.8, 4) is 5.75 Å². The molecule has 5 nitrogen and oxygen atoms in total. The fraction of sp³-hybridized carbons (Fsp3) is 0.400. The van der Waals surface area contributed by atoms with Gasteiger partial charge < -0.3 is 15.8 Å². The molecule has 1 aromatic carbocycles. The van der Waals surface area contributed by atoms with Gasteiger partial charge in [-0.05, 0) is 55.0 Å². The molecule has 3 N–H and O–H groups in total. The van der Waals surface area contributed by atoms with E-state index in [9.17, 15) is 9.59 Å². The Balaban J connectivity index is 1.69. The second kappa shape index (κ2) is 8.76. The Morgan fingerprint density at radius 1 is 1.33 bits per heavy atom. The molecule has 0 bridgehead atoms. The van der Waals surface area contributed by atoms with Crippen molar-refractivity contribution < 1.29 is 14.3 Å². The summed E-state index contributed by atoms with van der Waals surface area (Å²) in [5, 5.41) is 3.94. The topological polar surface area (TPSA) is 81.4 Å². The van der Waals surface area contributed by atoms with E-state index in [0.717, 1.165) is 31.2 Å². The van der Waals surface area contributed by atoms with Crippen molar-refractivity contribution in [2.24, 2.45) is 11.7 Å². The van der Waals surface area contributed by atoms with Gasteiger partial charge in [-0.15, -0.1) is 11.3 Å². The quantitative estimate of drug-likeness (QED) is 0.713. The van der Waals surface area contributed by atoms with Crippen LogP contribution in [0, 0.1) is 5.92 Å². The maximum atomic E-state index is 12.3. The molecule has 3 rings (SSSR count). The molecule has 0 saturated carbocycles. The third-order valence-corrected chi connectivity index (χ3v) is 6.17. The van der Waals surface area contributed by atoms with Crippen LogP contribution in [0.2, 0.25) is 5.02 Å². The molecular formula is C20H23ClN2O3S. The Kier molecular flexibility index (Phi) is 6.39. The fourth-order valence-electron chi connectivity index (χ4n) is 3.50. The van der Waals surface area contributed by atoms with E-state index < -0.39 is 5.91 Å². The van der Waals surface area contributed by atoms with Gasteiger partial charge in [-0.2, -0.15) is 0 Å². The smallest absolute Gasteiger partial charge is 0.262 e. The van der Waals surface area contributed by atoms with Gasteiger partial charge in [-0.25, -0.2) is 0 Å². The SMILES string of the molecule is CCC[C@H]1CCc2c(sc(NC(=O)COc3ccc(Cl)cc3)c2C(N)=O)C1. The molecule has 0 fully saturated rings. The summed E-state index contributed by atoms with van der Waals surface area (Å²) >= 11 is 7.30. The van der Waals surface area contributed by atoms with Crippen LogP contribution < -0.4 is 15.8 Å². The minimum absolute atomic E-state index is 0.152. The summed E-state index contributed by atoms with van der Waals surface area (Å²) in [6.07, 6.45) is 5.18. The first-order chi connectivity index (χ1) is 13.0. The number of hydrogen-bond acceptors (Lipinski definition) is 4. The monoisotopic (exact) mass is 406 g/mol. The number of nitrogens with two attached hydrogens (primary N) is 1. The molecule has 1 aliphatic carbocycles. The summed E-state index contributed by atoms with van der Waals surface area (Å²) in [5.41, 5.74) is 7.07. The van der Waals surface area contributed by atoms with E-state index in [2.05, 4.69) is 12.2 Å². The Morgan fingerprint density at radius 2 is 2.07 bits per heavy atom. The Bertz CT molecular complexity index is 832. The van der Waals surface area contributed by atoms with Gasteiger partial charge in [-0.1, -0.05) is 31.4 Å². The Labute approximate surface area is 167 Å². The van der Waals surface area contributed by atoms with Gasteiger partial charge in [0.1, 0.15) is 10.8 Å². The van der Waals surface area contributed by atoms with Gasteiger partial charge in [0.2, 0.25) is 0 Å². The lowest BCUT2D eigenvalue weighted by molar-refractivity contribution is -0.118. The first-order valence-corrected chi connectivity index (χ1v) is 10.3. The lowest BCUT2D eigenvalue weighted by Gasteiger charge is -2.21. The highest BCUT2D eigenvalue weighted by molar-refractivity contribution is 7.17. The van der Waals surface area contributed by atoms with Crippen LogP contribution in [0.5, 0.6) is 5.75 Å². The number of nitrogens with one attached hydrogen (secondary N) is 1. The van der Waals surface area contributed by atoms with Crippen LogP contribution in [0.15, 0.2) is 24.3 Å². The van der Waals surface area contributed by atoms with E-state index in [1.54, 1.807) is 24.3 Å². The zero-order valence-corrected chi connectivity index (χ0v) is 16.8. The molecule has 0 unspecified atom stereocenters. The molecule has 0 radical (unpaired) electrons. The number of rotatable bonds is 7. The second-order valence-corrected chi connectivity index (χ2v) is 8.30. The molecule has 1 aromatic heterocycles. The summed E-state index contributed by atoms with van der Waals surface area (Å²) in [4.78, 5) is 25.5. The van der Waals surface area contributed by atoms with E-state index in [1.807, 2.05) is 0 Å². The molecule has 1 heterocycles. The molecule has 1 atom stereocenters. The molecule has 1 aliphatic rings. The number of hydrogen-bond donors (Lipinski definition) is 2. The molecule has 144 valence electrons. The summed E-state index contributed by atoms with van der Waals surface area (Å²) in [6, 6.07) is 6.78. The number of ether oxygens (including phenoxy) is 1. The van der Waals surface area contributed by atoms with Crippen molar-refractivity contribution in [3.05, 3.63) is 45.3 Å². The third kappa shape index (κ3) is 4.82. The number of anilines is 1. The van der Waals surface area contributed by atoms with Crippen LogP contribution in [0.1, 0.15) is 47.0 Å². The van der Waals surface area contributed by atoms with E-state index >= 15 is 0 Å². The molecular weight excluding hydrogens is 384 g/mol. The van der Waals surface area contributed by atoms with Gasteiger partial charge in [-0.3, -0.25) is 9.59 Å². The van der Waals surface area contributed by atoms with Crippen molar-refractivity contribution in [2.45, 2.75) is 39.0 Å². The van der Waals surface area contributed by atoms with Gasteiger partial charge in [0.25, 0.3) is 11.8 Å². The zero-order valence-electron chi connectivity index (χ0n) is 15.2. The molecule has 2 amide bonds. The number of benzene rings is 1. The largest absolute Gasteiger partial charge is 0.484 e. The number of amides is 2. The lowest BCUT2D eigenvalue weighted by atomic mass is 9.84. The maximum absolute atomic E-state index is 12.3. The molecule has 7 heteroatoms. The summed E-state index contributed by atoms with van der Waals surface area (Å²) in [7, 11) is 0. The third-order valence-electron chi connectivity index (χ3n) is 4.75. The highest BCUT2D eigenvalue weighted by Crippen LogP contribution is 2.40. The molecule has 0 aliphatic heterocycles. The number of halogens is 1. The standard InChI is InChI=1S/C20H23ClN2O3S/c1-2-3-12-4-9-15-16(10-12)27-20(18(15)19(22)25)23-17(24)11-26-14-7-5-13(21)6-8-14/h5-8,12H,2-4,9-11H2,1H3,(H2,22,25)(H,23,24)/t12-/m0/s1. The minimum Gasteiger partial charge on any atom is -0.484 e. The van der Waals surface area contributed by atoms with Gasteiger partial charge in [0.15, 0.2) is 6.61 Å². The number of fused-ring (bicyclic) bond motifs is 1. The average molecular weight is 407 g/mol. The zero-order chi connectivity index (χ0) is 19.4. The van der Waals surface area contributed by atoms with Crippen LogP contribution in [-0.2, 0) is 17.6 Å². The highest BCUT2D eigenvalue weighted by atomic mass is 35.5. The van der Waals surface area contributed by atoms with Gasteiger partial charge >= 0.3 is 0 Å². The molecule has 0 spiro atoms.